The molecule has 1 heterocycles. The van der Waals surface area contributed by atoms with E-state index in [0.29, 0.717) is 32.7 Å². The van der Waals surface area contributed by atoms with E-state index in [2.05, 4.69) is 10.2 Å². The van der Waals surface area contributed by atoms with Gasteiger partial charge in [0.25, 0.3) is 0 Å². The molecule has 1 aromatic heterocycles. The molecule has 2 aromatic rings. The number of aryl methyl sites for hydroxylation is 1. The first kappa shape index (κ1) is 17.3. The lowest BCUT2D eigenvalue weighted by atomic mass is 9.98. The van der Waals surface area contributed by atoms with Gasteiger partial charge < -0.3 is 10.9 Å². The first-order valence-electron chi connectivity index (χ1n) is 7.33. The van der Waals surface area contributed by atoms with Crippen molar-refractivity contribution in [3.8, 4) is 0 Å². The van der Waals surface area contributed by atoms with Gasteiger partial charge in [-0.15, -0.1) is 0 Å². The molecule has 0 radical (unpaired) electrons. The number of carbonyl (C=O) groups is 2. The molecular formula is C17H18N4O3. The van der Waals surface area contributed by atoms with Crippen molar-refractivity contribution in [1.29, 1.82) is 0 Å². The second-order valence-corrected chi connectivity index (χ2v) is 5.40. The van der Waals surface area contributed by atoms with Gasteiger partial charge in [-0.05, 0) is 37.6 Å². The van der Waals surface area contributed by atoms with Crippen LogP contribution in [0.1, 0.15) is 38.8 Å². The highest BCUT2D eigenvalue weighted by atomic mass is 16.5. The van der Waals surface area contributed by atoms with Crippen LogP contribution in [0.4, 0.5) is 5.69 Å². The number of benzene rings is 1. The lowest BCUT2D eigenvalue weighted by molar-refractivity contribution is -0.605. The van der Waals surface area contributed by atoms with E-state index < -0.39 is 0 Å². The third-order valence-corrected chi connectivity index (χ3v) is 3.48. The topological polar surface area (TPSA) is 112 Å². The number of carbonyl (C=O) groups excluding carboxylic acids is 2. The number of nitrogens with two attached hydrogens (primary N) is 1. The molecule has 7 heteroatoms. The van der Waals surface area contributed by atoms with Crippen LogP contribution in [0.15, 0.2) is 46.9 Å². The van der Waals surface area contributed by atoms with Crippen LogP contribution in [-0.2, 0) is 6.54 Å². The molecule has 0 atom stereocenters. The van der Waals surface area contributed by atoms with Gasteiger partial charge in [-0.2, -0.15) is 15.0 Å². The second-order valence-electron chi connectivity index (χ2n) is 5.40. The van der Waals surface area contributed by atoms with Crippen LogP contribution >= 0.6 is 0 Å². The van der Waals surface area contributed by atoms with Gasteiger partial charge in [0.2, 0.25) is 0 Å². The van der Waals surface area contributed by atoms with Gasteiger partial charge >= 0.3 is 0 Å². The van der Waals surface area contributed by atoms with Crippen LogP contribution in [0.5, 0.6) is 0 Å². The first-order chi connectivity index (χ1) is 11.4. The first-order valence-corrected chi connectivity index (χ1v) is 7.33. The monoisotopic (exact) mass is 326 g/mol. The number of anilines is 1. The summed E-state index contributed by atoms with van der Waals surface area (Å²) in [6, 6.07) is 6.48. The Morgan fingerprint density at radius 2 is 2.00 bits per heavy atom. The van der Waals surface area contributed by atoms with Crippen LogP contribution < -0.4 is 10.5 Å². The van der Waals surface area contributed by atoms with Crippen molar-refractivity contribution in [2.24, 2.45) is 10.2 Å². The van der Waals surface area contributed by atoms with Crippen LogP contribution in [-0.4, -0.2) is 18.1 Å². The number of azo groups is 1. The molecule has 24 heavy (non-hydrogen) atoms. The van der Waals surface area contributed by atoms with Gasteiger partial charge in [0.15, 0.2) is 24.0 Å². The molecule has 0 saturated carbocycles. The molecule has 1 aromatic carbocycles. The van der Waals surface area contributed by atoms with E-state index >= 15 is 0 Å². The van der Waals surface area contributed by atoms with E-state index in [4.69, 9.17) is 5.73 Å². The largest absolute Gasteiger partial charge is 0.619 e. The number of hydrogen-bond donors (Lipinski definition) is 1. The third-order valence-electron chi connectivity index (χ3n) is 3.48. The molecule has 0 aliphatic carbocycles. The Morgan fingerprint density at radius 1 is 1.25 bits per heavy atom. The van der Waals surface area contributed by atoms with E-state index in [1.54, 1.807) is 25.1 Å². The van der Waals surface area contributed by atoms with E-state index in [-0.39, 0.29) is 24.7 Å². The lowest BCUT2D eigenvalue weighted by Gasteiger charge is -2.08. The Morgan fingerprint density at radius 3 is 2.67 bits per heavy atom. The summed E-state index contributed by atoms with van der Waals surface area (Å²) in [7, 11) is 0. The third kappa shape index (κ3) is 4.22. The van der Waals surface area contributed by atoms with Crippen molar-refractivity contribution in [3.63, 3.8) is 0 Å². The molecule has 0 amide bonds. The Kier molecular flexibility index (Phi) is 5.36. The quantitative estimate of drug-likeness (QED) is 0.288. The van der Waals surface area contributed by atoms with Crippen LogP contribution in [0, 0.1) is 12.1 Å². The fourth-order valence-corrected chi connectivity index (χ4v) is 2.26. The average Bonchev–Trinajstić information content (AvgIpc) is 2.51. The summed E-state index contributed by atoms with van der Waals surface area (Å²) in [4.78, 5) is 23.8. The zero-order valence-corrected chi connectivity index (χ0v) is 13.5. The van der Waals surface area contributed by atoms with E-state index in [0.717, 1.165) is 0 Å². The highest BCUT2D eigenvalue weighted by molar-refractivity contribution is 6.05. The van der Waals surface area contributed by atoms with Crippen molar-refractivity contribution < 1.29 is 14.3 Å². The van der Waals surface area contributed by atoms with Gasteiger partial charge in [0.05, 0.1) is 6.54 Å². The van der Waals surface area contributed by atoms with E-state index in [1.165, 1.54) is 25.4 Å². The molecule has 0 aliphatic heterocycles. The summed E-state index contributed by atoms with van der Waals surface area (Å²) in [5, 5.41) is 18.9. The minimum Gasteiger partial charge on any atom is -0.619 e. The van der Waals surface area contributed by atoms with Gasteiger partial charge in [-0.25, -0.2) is 0 Å². The molecular weight excluding hydrogens is 308 g/mol. The van der Waals surface area contributed by atoms with Crippen molar-refractivity contribution in [2.45, 2.75) is 20.4 Å². The number of aromatic nitrogens is 1. The summed E-state index contributed by atoms with van der Waals surface area (Å²) in [6.07, 6.45) is 2.77. The highest BCUT2D eigenvalue weighted by Crippen LogP contribution is 2.20. The number of nitrogen functional groups attached to an aromatic ring is 1. The minimum atomic E-state index is -0.245. The molecule has 0 unspecified atom stereocenters. The van der Waals surface area contributed by atoms with Crippen LogP contribution in [0.2, 0.25) is 0 Å². The molecule has 0 aliphatic rings. The predicted octanol–water partition coefficient (Wildman–Crippen LogP) is 2.25. The summed E-state index contributed by atoms with van der Waals surface area (Å²) < 4.78 is 0.678. The summed E-state index contributed by atoms with van der Waals surface area (Å²) in [5.74, 6) is -0.441. The molecule has 2 N–H and O–H groups in total. The van der Waals surface area contributed by atoms with Crippen molar-refractivity contribution >= 4 is 17.3 Å². The number of ketones is 2. The molecule has 0 saturated heterocycles. The van der Waals surface area contributed by atoms with Crippen LogP contribution in [0.25, 0.3) is 0 Å². The number of rotatable bonds is 6. The fourth-order valence-electron chi connectivity index (χ4n) is 2.26. The minimum absolute atomic E-state index is 0.133. The second kappa shape index (κ2) is 7.45. The Labute approximate surface area is 139 Å². The SMILES string of the molecule is CC(=O)c1cc(C(=O)CN=NCc2ccc[n+]([O-])c2)c(C)cc1N. The number of Topliss-reactive ketones (excluding diaryl/α,β-unsaturated/α-hetero) is 2. The standard InChI is InChI=1S/C17H18N4O3/c1-11-6-16(18)15(12(2)22)7-14(11)17(23)9-20-19-8-13-4-3-5-21(24)10-13/h3-7,10H,8-9,18H2,1-2H3. The van der Waals surface area contributed by atoms with Gasteiger partial charge in [-0.1, -0.05) is 0 Å². The number of hydrogen-bond acceptors (Lipinski definition) is 6. The highest BCUT2D eigenvalue weighted by Gasteiger charge is 2.14. The molecule has 2 rings (SSSR count). The summed E-state index contributed by atoms with van der Waals surface area (Å²) in [6.45, 7) is 3.24. The molecule has 0 spiro atoms. The Hall–Kier alpha value is -3.09. The van der Waals surface area contributed by atoms with E-state index in [1.807, 2.05) is 0 Å². The predicted molar refractivity (Wildman–Crippen MR) is 88.8 cm³/mol. The summed E-state index contributed by atoms with van der Waals surface area (Å²) >= 11 is 0. The smallest absolute Gasteiger partial charge is 0.186 e. The zero-order chi connectivity index (χ0) is 17.7. The Balaban J connectivity index is 2.06. The van der Waals surface area contributed by atoms with Crippen LogP contribution in [0.3, 0.4) is 0 Å². The lowest BCUT2D eigenvalue weighted by Crippen LogP contribution is -2.24. The molecule has 0 bridgehead atoms. The average molecular weight is 326 g/mol. The van der Waals surface area contributed by atoms with Crippen molar-refractivity contribution in [1.82, 2.24) is 0 Å². The maximum absolute atomic E-state index is 12.3. The Bertz CT molecular complexity index is 815. The maximum atomic E-state index is 12.3. The maximum Gasteiger partial charge on any atom is 0.186 e. The van der Waals surface area contributed by atoms with Gasteiger partial charge in [0, 0.05) is 28.4 Å². The number of pyridine rings is 1. The van der Waals surface area contributed by atoms with Gasteiger partial charge in [0.1, 0.15) is 6.54 Å². The van der Waals surface area contributed by atoms with Crippen molar-refractivity contribution in [2.75, 3.05) is 12.3 Å². The van der Waals surface area contributed by atoms with Crippen molar-refractivity contribution in [3.05, 3.63) is 64.1 Å². The van der Waals surface area contributed by atoms with Gasteiger partial charge in [-0.3, -0.25) is 9.59 Å². The molecule has 124 valence electrons. The molecule has 7 nitrogen and oxygen atoms in total. The number of nitrogens with zero attached hydrogens (tertiary/aromatic N) is 3. The normalized spacial score (nSPS) is 10.9. The summed E-state index contributed by atoms with van der Waals surface area (Å²) in [5.41, 5.74) is 8.26. The van der Waals surface area contributed by atoms with E-state index in [9.17, 15) is 14.8 Å². The molecule has 0 fully saturated rings. The zero-order valence-electron chi connectivity index (χ0n) is 13.5. The fraction of sp³-hybridized carbons (Fsp3) is 0.235.